The van der Waals surface area contributed by atoms with Crippen molar-refractivity contribution in [2.24, 2.45) is 14.1 Å². The second-order valence-electron chi connectivity index (χ2n) is 7.08. The number of nitrogens with zero attached hydrogens (tertiary/aromatic N) is 5. The van der Waals surface area contributed by atoms with Crippen molar-refractivity contribution >= 4 is 22.8 Å². The van der Waals surface area contributed by atoms with E-state index in [1.54, 1.807) is 17.7 Å². The summed E-state index contributed by atoms with van der Waals surface area (Å²) in [7, 11) is 2.98. The molecule has 10 heteroatoms. The number of hydrogen-bond acceptors (Lipinski definition) is 5. The predicted octanol–water partition coefficient (Wildman–Crippen LogP) is 1.11. The van der Waals surface area contributed by atoms with E-state index in [4.69, 9.17) is 16.3 Å². The van der Waals surface area contributed by atoms with Crippen molar-refractivity contribution in [2.45, 2.75) is 13.1 Å². The lowest BCUT2D eigenvalue weighted by Crippen LogP contribution is -2.38. The van der Waals surface area contributed by atoms with Crippen molar-refractivity contribution in [3.63, 3.8) is 0 Å². The van der Waals surface area contributed by atoms with Crippen molar-refractivity contribution < 1.29 is 9.13 Å². The first-order valence-corrected chi connectivity index (χ1v) is 9.64. The first kappa shape index (κ1) is 19.8. The lowest BCUT2D eigenvalue weighted by Gasteiger charge is -2.26. The fourth-order valence-electron chi connectivity index (χ4n) is 3.58. The van der Waals surface area contributed by atoms with Crippen LogP contribution in [0.1, 0.15) is 11.4 Å². The zero-order valence-corrected chi connectivity index (χ0v) is 16.9. The maximum absolute atomic E-state index is 14.5. The molecule has 8 nitrogen and oxygen atoms in total. The van der Waals surface area contributed by atoms with Crippen molar-refractivity contribution in [2.75, 3.05) is 26.3 Å². The third-order valence-electron chi connectivity index (χ3n) is 5.27. The van der Waals surface area contributed by atoms with Crippen molar-refractivity contribution in [3.05, 3.63) is 61.3 Å². The molecule has 0 aliphatic carbocycles. The minimum Gasteiger partial charge on any atom is -0.379 e. The number of rotatable bonds is 4. The van der Waals surface area contributed by atoms with Gasteiger partial charge in [-0.2, -0.15) is 0 Å². The molecule has 4 rings (SSSR count). The number of aromatic nitrogens is 4. The minimum absolute atomic E-state index is 0.0368. The van der Waals surface area contributed by atoms with E-state index in [9.17, 15) is 14.0 Å². The first-order valence-electron chi connectivity index (χ1n) is 9.26. The fraction of sp³-hybridized carbons (Fsp3) is 0.421. The Kier molecular flexibility index (Phi) is 5.28. The molecule has 154 valence electrons. The molecule has 1 aliphatic heterocycles. The third-order valence-corrected chi connectivity index (χ3v) is 5.63. The summed E-state index contributed by atoms with van der Waals surface area (Å²) >= 11 is 6.23. The molecule has 0 amide bonds. The Morgan fingerprint density at radius 3 is 2.55 bits per heavy atom. The van der Waals surface area contributed by atoms with E-state index in [0.29, 0.717) is 25.6 Å². The molecule has 29 heavy (non-hydrogen) atoms. The van der Waals surface area contributed by atoms with Crippen LogP contribution in [0.15, 0.2) is 27.8 Å². The van der Waals surface area contributed by atoms with Crippen LogP contribution in [0.25, 0.3) is 11.2 Å². The lowest BCUT2D eigenvalue weighted by molar-refractivity contribution is 0.0327. The highest BCUT2D eigenvalue weighted by molar-refractivity contribution is 6.31. The molecule has 0 unspecified atom stereocenters. The highest BCUT2D eigenvalue weighted by atomic mass is 35.5. The summed E-state index contributed by atoms with van der Waals surface area (Å²) in [5.74, 6) is 0.109. The Hall–Kier alpha value is -2.49. The van der Waals surface area contributed by atoms with Crippen LogP contribution in [0, 0.1) is 5.82 Å². The Bertz CT molecular complexity index is 1170. The van der Waals surface area contributed by atoms with Gasteiger partial charge in [-0.15, -0.1) is 0 Å². The quantitative estimate of drug-likeness (QED) is 0.631. The van der Waals surface area contributed by atoms with E-state index in [2.05, 4.69) is 9.88 Å². The largest absolute Gasteiger partial charge is 0.379 e. The number of halogens is 2. The summed E-state index contributed by atoms with van der Waals surface area (Å²) in [6, 6.07) is 4.47. The van der Waals surface area contributed by atoms with Gasteiger partial charge in [0, 0.05) is 37.8 Å². The molecule has 2 aromatic heterocycles. The molecule has 1 aromatic carbocycles. The summed E-state index contributed by atoms with van der Waals surface area (Å²) in [4.78, 5) is 32.0. The van der Waals surface area contributed by atoms with Crippen LogP contribution >= 0.6 is 11.6 Å². The van der Waals surface area contributed by atoms with E-state index in [1.807, 2.05) is 0 Å². The topological polar surface area (TPSA) is 74.3 Å². The van der Waals surface area contributed by atoms with Gasteiger partial charge >= 0.3 is 5.69 Å². The van der Waals surface area contributed by atoms with Gasteiger partial charge in [0.2, 0.25) is 0 Å². The molecule has 0 N–H and O–H groups in total. The van der Waals surface area contributed by atoms with Crippen LogP contribution in [0.4, 0.5) is 4.39 Å². The average molecular weight is 422 g/mol. The van der Waals surface area contributed by atoms with Gasteiger partial charge in [-0.05, 0) is 12.1 Å². The number of morpholine rings is 1. The van der Waals surface area contributed by atoms with Gasteiger partial charge in [0.05, 0.1) is 26.3 Å². The monoisotopic (exact) mass is 421 g/mol. The van der Waals surface area contributed by atoms with Crippen LogP contribution < -0.4 is 11.2 Å². The number of ether oxygens (including phenoxy) is 1. The summed E-state index contributed by atoms with van der Waals surface area (Å²) in [5.41, 5.74) is -0.149. The van der Waals surface area contributed by atoms with Gasteiger partial charge in [-0.3, -0.25) is 18.8 Å². The molecule has 1 aliphatic rings. The van der Waals surface area contributed by atoms with Gasteiger partial charge in [0.1, 0.15) is 11.6 Å². The Morgan fingerprint density at radius 1 is 1.14 bits per heavy atom. The van der Waals surface area contributed by atoms with Gasteiger partial charge < -0.3 is 9.30 Å². The Labute approximate surface area is 170 Å². The van der Waals surface area contributed by atoms with Crippen LogP contribution in [0.5, 0.6) is 0 Å². The molecule has 0 spiro atoms. The zero-order chi connectivity index (χ0) is 20.7. The van der Waals surface area contributed by atoms with Gasteiger partial charge in [-0.1, -0.05) is 17.7 Å². The number of fused-ring (bicyclic) bond motifs is 1. The minimum atomic E-state index is -0.476. The molecule has 3 heterocycles. The second-order valence-corrected chi connectivity index (χ2v) is 7.49. The van der Waals surface area contributed by atoms with Crippen molar-refractivity contribution in [1.29, 1.82) is 0 Å². The number of imidazole rings is 1. The van der Waals surface area contributed by atoms with E-state index < -0.39 is 17.1 Å². The smallest absolute Gasteiger partial charge is 0.332 e. The maximum Gasteiger partial charge on any atom is 0.332 e. The van der Waals surface area contributed by atoms with Crippen LogP contribution in [0.2, 0.25) is 5.02 Å². The van der Waals surface area contributed by atoms with Crippen LogP contribution in [0.3, 0.4) is 0 Å². The lowest BCUT2D eigenvalue weighted by atomic mass is 10.2. The molecular weight excluding hydrogens is 401 g/mol. The van der Waals surface area contributed by atoms with Crippen LogP contribution in [-0.2, 0) is 31.9 Å². The summed E-state index contributed by atoms with van der Waals surface area (Å²) in [6.45, 7) is 3.15. The molecule has 1 saturated heterocycles. The molecule has 0 radical (unpaired) electrons. The summed E-state index contributed by atoms with van der Waals surface area (Å²) in [6.07, 6.45) is 0. The zero-order valence-electron chi connectivity index (χ0n) is 16.2. The Balaban J connectivity index is 1.92. The normalized spacial score (nSPS) is 15.3. The van der Waals surface area contributed by atoms with Crippen molar-refractivity contribution in [1.82, 2.24) is 23.6 Å². The van der Waals surface area contributed by atoms with E-state index in [-0.39, 0.29) is 28.3 Å². The molecule has 0 saturated carbocycles. The van der Waals surface area contributed by atoms with E-state index in [0.717, 1.165) is 17.7 Å². The van der Waals surface area contributed by atoms with E-state index in [1.165, 1.54) is 23.7 Å². The number of hydrogen-bond donors (Lipinski definition) is 0. The molecular formula is C19H21ClFN5O3. The fourth-order valence-corrected chi connectivity index (χ4v) is 3.81. The highest BCUT2D eigenvalue weighted by Crippen LogP contribution is 2.23. The van der Waals surface area contributed by atoms with Crippen molar-refractivity contribution in [3.8, 4) is 0 Å². The second kappa shape index (κ2) is 7.74. The van der Waals surface area contributed by atoms with Gasteiger partial charge in [0.15, 0.2) is 11.2 Å². The summed E-state index contributed by atoms with van der Waals surface area (Å²) in [5, 5.41) is 0.269. The Morgan fingerprint density at radius 2 is 1.86 bits per heavy atom. The number of benzene rings is 1. The summed E-state index contributed by atoms with van der Waals surface area (Å²) < 4.78 is 23.9. The molecule has 0 bridgehead atoms. The molecule has 3 aromatic rings. The first-order chi connectivity index (χ1) is 13.9. The van der Waals surface area contributed by atoms with Crippen LogP contribution in [-0.4, -0.2) is 49.9 Å². The number of aryl methyl sites for hydroxylation is 1. The average Bonchev–Trinajstić information content (AvgIpc) is 3.06. The third kappa shape index (κ3) is 3.50. The standard InChI is InChI=1S/C19H21ClFN5O3/c1-23-17-16(18(27)24(2)19(23)28)26(10-12-13(20)4-3-5-14(12)21)15(22-17)11-25-6-8-29-9-7-25/h3-5H,6-11H2,1-2H3. The maximum atomic E-state index is 14.5. The molecule has 0 atom stereocenters. The SMILES string of the molecule is Cn1c(=O)c2c(nc(CN3CCOCC3)n2Cc2c(F)cccc2Cl)n(C)c1=O. The van der Waals surface area contributed by atoms with Gasteiger partial charge in [0.25, 0.3) is 5.56 Å². The van der Waals surface area contributed by atoms with E-state index >= 15 is 0 Å². The van der Waals surface area contributed by atoms with Gasteiger partial charge in [-0.25, -0.2) is 14.2 Å². The highest BCUT2D eigenvalue weighted by Gasteiger charge is 2.23. The predicted molar refractivity (Wildman–Crippen MR) is 107 cm³/mol. The molecule has 1 fully saturated rings.